The number of guanidine groups is 1. The Labute approximate surface area is 140 Å². The first-order valence-electron chi connectivity index (χ1n) is 7.76. The van der Waals surface area contributed by atoms with Crippen molar-refractivity contribution in [3.05, 3.63) is 0 Å². The Morgan fingerprint density at radius 3 is 2.80 bits per heavy atom. The second kappa shape index (κ2) is 9.07. The number of rotatable bonds is 4. The predicted octanol–water partition coefficient (Wildman–Crippen LogP) is 2.73. The molecule has 0 radical (unpaired) electrons. The highest BCUT2D eigenvalue weighted by atomic mass is 127. The van der Waals surface area contributed by atoms with Crippen molar-refractivity contribution in [2.24, 2.45) is 16.8 Å². The van der Waals surface area contributed by atoms with Crippen LogP contribution in [0.3, 0.4) is 0 Å². The van der Waals surface area contributed by atoms with Crippen molar-refractivity contribution < 1.29 is 4.74 Å². The summed E-state index contributed by atoms with van der Waals surface area (Å²) in [6, 6.07) is 0. The van der Waals surface area contributed by atoms with Crippen LogP contribution in [0.15, 0.2) is 4.99 Å². The Balaban J connectivity index is 0.00000200. The normalized spacial score (nSPS) is 27.0. The van der Waals surface area contributed by atoms with Crippen molar-refractivity contribution >= 4 is 29.9 Å². The number of hydrogen-bond donors (Lipinski definition) is 1. The van der Waals surface area contributed by atoms with Crippen LogP contribution in [0.4, 0.5) is 0 Å². The first-order valence-corrected chi connectivity index (χ1v) is 7.76. The molecule has 2 fully saturated rings. The van der Waals surface area contributed by atoms with E-state index in [1.807, 2.05) is 7.05 Å². The third-order valence-electron chi connectivity index (χ3n) is 4.11. The van der Waals surface area contributed by atoms with Crippen molar-refractivity contribution in [2.45, 2.75) is 45.6 Å². The summed E-state index contributed by atoms with van der Waals surface area (Å²) in [6.07, 6.45) is 5.40. The zero-order valence-corrected chi connectivity index (χ0v) is 15.4. The average Bonchev–Trinajstić information content (AvgIpc) is 3.01. The minimum absolute atomic E-state index is 0. The fourth-order valence-corrected chi connectivity index (χ4v) is 3.23. The molecule has 0 amide bonds. The van der Waals surface area contributed by atoms with E-state index in [1.165, 1.54) is 25.7 Å². The Bertz CT molecular complexity index is 303. The highest BCUT2D eigenvalue weighted by Gasteiger charge is 2.26. The molecule has 0 aromatic rings. The van der Waals surface area contributed by atoms with Crippen LogP contribution in [-0.4, -0.2) is 50.3 Å². The Morgan fingerprint density at radius 1 is 1.40 bits per heavy atom. The number of ether oxygens (including phenoxy) is 1. The summed E-state index contributed by atoms with van der Waals surface area (Å²) in [5.41, 5.74) is 0. The van der Waals surface area contributed by atoms with Crippen LogP contribution in [-0.2, 0) is 4.74 Å². The van der Waals surface area contributed by atoms with Crippen molar-refractivity contribution in [3.63, 3.8) is 0 Å². The third kappa shape index (κ3) is 5.39. The molecular formula is C15H30IN3O. The number of aliphatic imine (C=N–C) groups is 1. The van der Waals surface area contributed by atoms with Crippen LogP contribution < -0.4 is 5.32 Å². The fourth-order valence-electron chi connectivity index (χ4n) is 3.23. The van der Waals surface area contributed by atoms with Crippen LogP contribution in [0.2, 0.25) is 0 Å². The molecule has 118 valence electrons. The number of nitrogens with zero attached hydrogens (tertiary/aromatic N) is 2. The number of nitrogens with one attached hydrogen (secondary N) is 1. The maximum Gasteiger partial charge on any atom is 0.193 e. The lowest BCUT2D eigenvalue weighted by molar-refractivity contribution is 0.113. The monoisotopic (exact) mass is 395 g/mol. The summed E-state index contributed by atoms with van der Waals surface area (Å²) in [7, 11) is 1.88. The summed E-state index contributed by atoms with van der Waals surface area (Å²) in [4.78, 5) is 6.83. The van der Waals surface area contributed by atoms with E-state index in [-0.39, 0.29) is 24.0 Å². The standard InChI is InChI=1S/C15H29N3O.HI/c1-12(2)9-13-6-7-18(11-13)15(16-3)17-10-14-5-4-8-19-14;/h12-14H,4-11H2,1-3H3,(H,16,17);1H. The van der Waals surface area contributed by atoms with Gasteiger partial charge in [-0.1, -0.05) is 13.8 Å². The van der Waals surface area contributed by atoms with Gasteiger partial charge in [0, 0.05) is 33.3 Å². The van der Waals surface area contributed by atoms with Gasteiger partial charge in [0.2, 0.25) is 0 Å². The SMILES string of the molecule is CN=C(NCC1CCCO1)N1CCC(CC(C)C)C1.I. The average molecular weight is 395 g/mol. The van der Waals surface area contributed by atoms with Gasteiger partial charge in [0.15, 0.2) is 5.96 Å². The van der Waals surface area contributed by atoms with Crippen LogP contribution in [0.25, 0.3) is 0 Å². The Morgan fingerprint density at radius 2 is 2.20 bits per heavy atom. The summed E-state index contributed by atoms with van der Waals surface area (Å²) in [5, 5.41) is 3.48. The van der Waals surface area contributed by atoms with Gasteiger partial charge in [-0.05, 0) is 37.5 Å². The quantitative estimate of drug-likeness (QED) is 0.452. The van der Waals surface area contributed by atoms with Gasteiger partial charge in [-0.3, -0.25) is 4.99 Å². The first kappa shape index (κ1) is 18.0. The molecule has 4 nitrogen and oxygen atoms in total. The van der Waals surface area contributed by atoms with E-state index in [4.69, 9.17) is 4.74 Å². The highest BCUT2D eigenvalue weighted by Crippen LogP contribution is 2.23. The van der Waals surface area contributed by atoms with Crippen molar-refractivity contribution in [1.29, 1.82) is 0 Å². The Hall–Kier alpha value is -0.0400. The minimum atomic E-state index is 0. The van der Waals surface area contributed by atoms with E-state index in [9.17, 15) is 0 Å². The van der Waals surface area contributed by atoms with Gasteiger partial charge in [-0.15, -0.1) is 24.0 Å². The molecule has 2 saturated heterocycles. The summed E-state index contributed by atoms with van der Waals surface area (Å²) < 4.78 is 5.65. The molecule has 2 rings (SSSR count). The fraction of sp³-hybridized carbons (Fsp3) is 0.933. The first-order chi connectivity index (χ1) is 9.19. The van der Waals surface area contributed by atoms with Crippen molar-refractivity contribution in [2.75, 3.05) is 33.3 Å². The molecule has 2 heterocycles. The molecule has 0 aromatic heterocycles. The lowest BCUT2D eigenvalue weighted by Crippen LogP contribution is -2.43. The molecule has 2 aliphatic heterocycles. The molecule has 0 aromatic carbocycles. The highest BCUT2D eigenvalue weighted by molar-refractivity contribution is 14.0. The lowest BCUT2D eigenvalue weighted by Gasteiger charge is -2.23. The predicted molar refractivity (Wildman–Crippen MR) is 94.9 cm³/mol. The van der Waals surface area contributed by atoms with Gasteiger partial charge in [-0.2, -0.15) is 0 Å². The molecule has 1 N–H and O–H groups in total. The van der Waals surface area contributed by atoms with E-state index in [0.717, 1.165) is 44.0 Å². The van der Waals surface area contributed by atoms with Gasteiger partial charge in [0.25, 0.3) is 0 Å². The lowest BCUT2D eigenvalue weighted by atomic mass is 9.97. The van der Waals surface area contributed by atoms with Gasteiger partial charge in [0.05, 0.1) is 6.10 Å². The van der Waals surface area contributed by atoms with Gasteiger partial charge >= 0.3 is 0 Å². The van der Waals surface area contributed by atoms with Crippen LogP contribution in [0.1, 0.15) is 39.5 Å². The molecule has 0 aliphatic carbocycles. The molecule has 20 heavy (non-hydrogen) atoms. The topological polar surface area (TPSA) is 36.9 Å². The summed E-state index contributed by atoms with van der Waals surface area (Å²) >= 11 is 0. The van der Waals surface area contributed by atoms with Gasteiger partial charge in [-0.25, -0.2) is 0 Å². The van der Waals surface area contributed by atoms with Crippen LogP contribution in [0, 0.1) is 11.8 Å². The Kier molecular flexibility index (Phi) is 8.17. The molecule has 2 aliphatic rings. The second-order valence-electron chi connectivity index (χ2n) is 6.29. The smallest absolute Gasteiger partial charge is 0.193 e. The summed E-state index contributed by atoms with van der Waals surface area (Å²) in [5.74, 6) is 2.69. The molecule has 0 saturated carbocycles. The van der Waals surface area contributed by atoms with E-state index < -0.39 is 0 Å². The molecule has 2 unspecified atom stereocenters. The van der Waals surface area contributed by atoms with Crippen LogP contribution in [0.5, 0.6) is 0 Å². The van der Waals surface area contributed by atoms with E-state index in [0.29, 0.717) is 6.10 Å². The minimum Gasteiger partial charge on any atom is -0.376 e. The van der Waals surface area contributed by atoms with Gasteiger partial charge < -0.3 is 15.0 Å². The zero-order valence-electron chi connectivity index (χ0n) is 13.1. The van der Waals surface area contributed by atoms with Crippen molar-refractivity contribution in [3.8, 4) is 0 Å². The molecule has 0 bridgehead atoms. The second-order valence-corrected chi connectivity index (χ2v) is 6.29. The number of likely N-dealkylation sites (tertiary alicyclic amines) is 1. The van der Waals surface area contributed by atoms with E-state index in [2.05, 4.69) is 29.1 Å². The number of hydrogen-bond acceptors (Lipinski definition) is 2. The molecule has 2 atom stereocenters. The van der Waals surface area contributed by atoms with Crippen LogP contribution >= 0.6 is 24.0 Å². The van der Waals surface area contributed by atoms with E-state index >= 15 is 0 Å². The number of halogens is 1. The largest absolute Gasteiger partial charge is 0.376 e. The molecule has 0 spiro atoms. The maximum absolute atomic E-state index is 5.65. The van der Waals surface area contributed by atoms with Crippen molar-refractivity contribution in [1.82, 2.24) is 10.2 Å². The molecule has 5 heteroatoms. The van der Waals surface area contributed by atoms with Gasteiger partial charge in [0.1, 0.15) is 0 Å². The zero-order chi connectivity index (χ0) is 13.7. The maximum atomic E-state index is 5.65. The summed E-state index contributed by atoms with van der Waals surface area (Å²) in [6.45, 7) is 8.75. The third-order valence-corrected chi connectivity index (χ3v) is 4.11. The van der Waals surface area contributed by atoms with E-state index in [1.54, 1.807) is 0 Å². The molecular weight excluding hydrogens is 365 g/mol.